The van der Waals surface area contributed by atoms with Crippen molar-refractivity contribution in [3.63, 3.8) is 0 Å². The Balaban J connectivity index is 1.60. The van der Waals surface area contributed by atoms with Crippen molar-refractivity contribution >= 4 is 23.5 Å². The predicted octanol–water partition coefficient (Wildman–Crippen LogP) is 4.42. The molecule has 1 unspecified atom stereocenters. The van der Waals surface area contributed by atoms with Crippen LogP contribution in [-0.4, -0.2) is 49.1 Å². The summed E-state index contributed by atoms with van der Waals surface area (Å²) >= 11 is 0. The molecule has 4 amide bonds. The third-order valence-electron chi connectivity index (χ3n) is 6.41. The summed E-state index contributed by atoms with van der Waals surface area (Å²) < 4.78 is 10.6. The summed E-state index contributed by atoms with van der Waals surface area (Å²) in [5, 5.41) is 5.64. The summed E-state index contributed by atoms with van der Waals surface area (Å²) in [5.41, 5.74) is 3.09. The summed E-state index contributed by atoms with van der Waals surface area (Å²) in [5.74, 6) is -0.740. The van der Waals surface area contributed by atoms with Gasteiger partial charge in [-0.05, 0) is 42.3 Å². The molecule has 2 N–H and O–H groups in total. The van der Waals surface area contributed by atoms with Gasteiger partial charge in [0, 0.05) is 18.7 Å². The van der Waals surface area contributed by atoms with Crippen LogP contribution < -0.4 is 15.4 Å². The maximum Gasteiger partial charge on any atom is 0.325 e. The molecule has 37 heavy (non-hydrogen) atoms. The van der Waals surface area contributed by atoms with Crippen LogP contribution in [0.5, 0.6) is 5.75 Å². The van der Waals surface area contributed by atoms with E-state index in [0.717, 1.165) is 16.0 Å². The molecule has 1 aliphatic heterocycles. The summed E-state index contributed by atoms with van der Waals surface area (Å²) in [6.07, 6.45) is 0. The van der Waals surface area contributed by atoms with Crippen molar-refractivity contribution in [1.29, 1.82) is 0 Å². The average molecular weight is 502 g/mol. The van der Waals surface area contributed by atoms with Crippen LogP contribution in [0.25, 0.3) is 0 Å². The zero-order valence-corrected chi connectivity index (χ0v) is 21.1. The van der Waals surface area contributed by atoms with E-state index in [0.29, 0.717) is 30.2 Å². The molecule has 0 bridgehead atoms. The lowest BCUT2D eigenvalue weighted by molar-refractivity contribution is -0.134. The van der Waals surface area contributed by atoms with Crippen molar-refractivity contribution in [3.8, 4) is 5.75 Å². The van der Waals surface area contributed by atoms with Crippen LogP contribution in [-0.2, 0) is 14.3 Å². The highest BCUT2D eigenvalue weighted by Crippen LogP contribution is 2.31. The largest absolute Gasteiger partial charge is 0.491 e. The maximum atomic E-state index is 13.6. The van der Waals surface area contributed by atoms with Crippen LogP contribution in [0.3, 0.4) is 0 Å². The Kier molecular flexibility index (Phi) is 8.20. The van der Waals surface area contributed by atoms with Gasteiger partial charge in [-0.2, -0.15) is 0 Å². The monoisotopic (exact) mass is 501 g/mol. The topological polar surface area (TPSA) is 97.0 Å². The van der Waals surface area contributed by atoms with E-state index in [4.69, 9.17) is 9.47 Å². The molecule has 3 atom stereocenters. The number of benzene rings is 3. The number of nitrogens with zero attached hydrogens (tertiary/aromatic N) is 1. The summed E-state index contributed by atoms with van der Waals surface area (Å²) in [6.45, 7) is 4.66. The highest BCUT2D eigenvalue weighted by molar-refractivity contribution is 6.09. The second-order valence-corrected chi connectivity index (χ2v) is 9.00. The van der Waals surface area contributed by atoms with Crippen LogP contribution in [0.15, 0.2) is 78.9 Å². The normalized spacial score (nSPS) is 16.7. The molecule has 1 fully saturated rings. The van der Waals surface area contributed by atoms with Crippen LogP contribution in [0.4, 0.5) is 10.5 Å². The predicted molar refractivity (Wildman–Crippen MR) is 140 cm³/mol. The highest BCUT2D eigenvalue weighted by atomic mass is 16.5. The minimum atomic E-state index is -1.06. The van der Waals surface area contributed by atoms with Gasteiger partial charge in [-0.3, -0.25) is 9.59 Å². The van der Waals surface area contributed by atoms with E-state index >= 15 is 0 Å². The van der Waals surface area contributed by atoms with Gasteiger partial charge in [0.05, 0.1) is 6.61 Å². The summed E-state index contributed by atoms with van der Waals surface area (Å²) in [4.78, 5) is 41.4. The number of aryl methyl sites for hydroxylation is 1. The zero-order valence-electron chi connectivity index (χ0n) is 21.1. The zero-order chi connectivity index (χ0) is 26.4. The number of nitrogens with one attached hydrogen (secondary N) is 2. The molecule has 3 aromatic rings. The fourth-order valence-corrected chi connectivity index (χ4v) is 4.34. The standard InChI is InChI=1S/C29H31N3O5/c1-19-9-13-23(14-10-19)30-27(33)26(20(2)21-7-5-4-6-8-21)32-28(34)25(31-29(32)35)22-11-15-24(16-12-22)37-18-17-36-3/h4-16,20,25-26H,17-18H2,1-3H3,(H,30,33)(H,31,35)/t20-,25?,26-/m0/s1. The molecular formula is C29H31N3O5. The first-order chi connectivity index (χ1) is 17.9. The second-order valence-electron chi connectivity index (χ2n) is 9.00. The number of carbonyl (C=O) groups is 3. The molecule has 0 radical (unpaired) electrons. The van der Waals surface area contributed by atoms with Crippen LogP contribution in [0.2, 0.25) is 0 Å². The Morgan fingerprint density at radius 3 is 2.30 bits per heavy atom. The van der Waals surface area contributed by atoms with Crippen LogP contribution in [0.1, 0.15) is 35.6 Å². The molecule has 1 saturated heterocycles. The Bertz CT molecular complexity index is 1230. The molecule has 8 nitrogen and oxygen atoms in total. The number of imide groups is 1. The van der Waals surface area contributed by atoms with Crippen LogP contribution in [0, 0.1) is 6.92 Å². The fourth-order valence-electron chi connectivity index (χ4n) is 4.34. The van der Waals surface area contributed by atoms with Gasteiger partial charge in [0.1, 0.15) is 24.4 Å². The number of methoxy groups -OCH3 is 1. The lowest BCUT2D eigenvalue weighted by Gasteiger charge is -2.30. The number of amides is 4. The van der Waals surface area contributed by atoms with Gasteiger partial charge in [0.15, 0.2) is 0 Å². The Morgan fingerprint density at radius 2 is 1.65 bits per heavy atom. The molecule has 1 heterocycles. The van der Waals surface area contributed by atoms with Gasteiger partial charge >= 0.3 is 6.03 Å². The van der Waals surface area contributed by atoms with E-state index < -0.39 is 35.8 Å². The number of hydrogen-bond donors (Lipinski definition) is 2. The quantitative estimate of drug-likeness (QED) is 0.317. The SMILES string of the molecule is COCCOc1ccc(C2NC(=O)N([C@H](C(=O)Nc3ccc(C)cc3)[C@@H](C)c3ccccc3)C2=O)cc1. The van der Waals surface area contributed by atoms with Gasteiger partial charge in [0.2, 0.25) is 5.91 Å². The van der Waals surface area contributed by atoms with E-state index in [2.05, 4.69) is 10.6 Å². The number of carbonyl (C=O) groups excluding carboxylic acids is 3. The first-order valence-corrected chi connectivity index (χ1v) is 12.2. The third kappa shape index (κ3) is 5.98. The molecular weight excluding hydrogens is 470 g/mol. The molecule has 0 saturated carbocycles. The highest BCUT2D eigenvalue weighted by Gasteiger charge is 2.47. The Labute approximate surface area is 216 Å². The van der Waals surface area contributed by atoms with E-state index in [9.17, 15) is 14.4 Å². The lowest BCUT2D eigenvalue weighted by Crippen LogP contribution is -2.50. The maximum absolute atomic E-state index is 13.6. The average Bonchev–Trinajstić information content (AvgIpc) is 3.20. The molecule has 0 spiro atoms. The number of ether oxygens (including phenoxy) is 2. The molecule has 0 aromatic heterocycles. The van der Waals surface area contributed by atoms with Gasteiger partial charge in [0.25, 0.3) is 5.91 Å². The van der Waals surface area contributed by atoms with Crippen molar-refractivity contribution in [2.75, 3.05) is 25.6 Å². The Morgan fingerprint density at radius 1 is 0.973 bits per heavy atom. The van der Waals surface area contributed by atoms with E-state index in [1.165, 1.54) is 0 Å². The summed E-state index contributed by atoms with van der Waals surface area (Å²) in [7, 11) is 1.60. The van der Waals surface area contributed by atoms with Gasteiger partial charge < -0.3 is 20.1 Å². The first-order valence-electron chi connectivity index (χ1n) is 12.2. The second kappa shape index (κ2) is 11.7. The van der Waals surface area contributed by atoms with Crippen molar-refractivity contribution in [2.24, 2.45) is 0 Å². The smallest absolute Gasteiger partial charge is 0.325 e. The molecule has 0 aliphatic carbocycles. The first kappa shape index (κ1) is 25.9. The van der Waals surface area contributed by atoms with Gasteiger partial charge in [-0.1, -0.05) is 67.1 Å². The van der Waals surface area contributed by atoms with E-state index in [-0.39, 0.29) is 0 Å². The Hall–Kier alpha value is -4.17. The fraction of sp³-hybridized carbons (Fsp3) is 0.276. The molecule has 4 rings (SSSR count). The minimum Gasteiger partial charge on any atom is -0.491 e. The number of anilines is 1. The molecule has 8 heteroatoms. The van der Waals surface area contributed by atoms with E-state index in [1.807, 2.05) is 56.3 Å². The minimum absolute atomic E-state index is 0.401. The van der Waals surface area contributed by atoms with Gasteiger partial charge in [-0.25, -0.2) is 9.69 Å². The molecule has 192 valence electrons. The lowest BCUT2D eigenvalue weighted by atomic mass is 9.91. The van der Waals surface area contributed by atoms with Gasteiger partial charge in [-0.15, -0.1) is 0 Å². The molecule has 3 aromatic carbocycles. The van der Waals surface area contributed by atoms with Crippen molar-refractivity contribution in [3.05, 3.63) is 95.6 Å². The third-order valence-corrected chi connectivity index (χ3v) is 6.41. The van der Waals surface area contributed by atoms with Crippen LogP contribution >= 0.6 is 0 Å². The summed E-state index contributed by atoms with van der Waals surface area (Å²) in [6, 6.07) is 21.1. The van der Waals surface area contributed by atoms with E-state index in [1.54, 1.807) is 43.5 Å². The number of rotatable bonds is 10. The van der Waals surface area contributed by atoms with Crippen molar-refractivity contribution in [2.45, 2.75) is 31.8 Å². The molecule has 1 aliphatic rings. The van der Waals surface area contributed by atoms with Crippen molar-refractivity contribution in [1.82, 2.24) is 10.2 Å². The van der Waals surface area contributed by atoms with Crippen molar-refractivity contribution < 1.29 is 23.9 Å². The number of urea groups is 1. The number of hydrogen-bond acceptors (Lipinski definition) is 5.